The zero-order valence-corrected chi connectivity index (χ0v) is 11.8. The molecule has 3 aliphatic carbocycles. The monoisotopic (exact) mass is 236 g/mol. The molecule has 96 valence electrons. The highest BCUT2D eigenvalue weighted by Crippen LogP contribution is 2.66. The molecule has 2 nitrogen and oxygen atoms in total. The van der Waals surface area contributed by atoms with Crippen molar-refractivity contribution in [3.63, 3.8) is 0 Å². The summed E-state index contributed by atoms with van der Waals surface area (Å²) < 4.78 is 12.6. The summed E-state index contributed by atoms with van der Waals surface area (Å²) in [6.07, 6.45) is 4.02. The van der Waals surface area contributed by atoms with Crippen molar-refractivity contribution in [2.75, 3.05) is 0 Å². The Morgan fingerprint density at radius 2 is 2.00 bits per heavy atom. The molecule has 1 unspecified atom stereocenters. The zero-order chi connectivity index (χ0) is 12.4. The highest BCUT2D eigenvalue weighted by Gasteiger charge is 2.68. The molecule has 5 atom stereocenters. The standard InChI is InChI=1S/C14H25BO2/c1-6-9(2)15-16-12-8-10-7-11(13(10,3)4)14(12,5)17-15/h9-12H,6-8H2,1-5H3/t9?,10-,11-,12+,14+/m0/s1. The Kier molecular flexibility index (Phi) is 2.49. The van der Waals surface area contributed by atoms with Crippen molar-refractivity contribution in [1.29, 1.82) is 0 Å². The minimum atomic E-state index is -0.0215. The van der Waals surface area contributed by atoms with Gasteiger partial charge in [0.2, 0.25) is 0 Å². The Hall–Kier alpha value is -0.0151. The van der Waals surface area contributed by atoms with Crippen LogP contribution in [0.5, 0.6) is 0 Å². The smallest absolute Gasteiger partial charge is 0.405 e. The van der Waals surface area contributed by atoms with Crippen LogP contribution in [-0.2, 0) is 9.31 Å². The van der Waals surface area contributed by atoms with Gasteiger partial charge < -0.3 is 9.31 Å². The summed E-state index contributed by atoms with van der Waals surface area (Å²) >= 11 is 0. The van der Waals surface area contributed by atoms with E-state index in [0.29, 0.717) is 23.3 Å². The van der Waals surface area contributed by atoms with Crippen LogP contribution >= 0.6 is 0 Å². The summed E-state index contributed by atoms with van der Waals surface area (Å²) in [6, 6.07) is 0. The lowest BCUT2D eigenvalue weighted by atomic mass is 9.43. The van der Waals surface area contributed by atoms with Crippen LogP contribution in [-0.4, -0.2) is 18.8 Å². The van der Waals surface area contributed by atoms with E-state index >= 15 is 0 Å². The molecule has 0 N–H and O–H groups in total. The quantitative estimate of drug-likeness (QED) is 0.683. The van der Waals surface area contributed by atoms with Gasteiger partial charge in [0.15, 0.2) is 0 Å². The summed E-state index contributed by atoms with van der Waals surface area (Å²) in [7, 11) is 0.0325. The van der Waals surface area contributed by atoms with Crippen LogP contribution in [0.25, 0.3) is 0 Å². The van der Waals surface area contributed by atoms with Crippen molar-refractivity contribution in [3.8, 4) is 0 Å². The molecule has 0 aromatic heterocycles. The van der Waals surface area contributed by atoms with E-state index < -0.39 is 0 Å². The second kappa shape index (κ2) is 3.51. The van der Waals surface area contributed by atoms with Crippen molar-refractivity contribution in [1.82, 2.24) is 0 Å². The maximum Gasteiger partial charge on any atom is 0.460 e. The maximum atomic E-state index is 6.37. The molecular formula is C14H25BO2. The van der Waals surface area contributed by atoms with Crippen molar-refractivity contribution in [2.24, 2.45) is 17.3 Å². The molecule has 1 heterocycles. The molecule has 1 saturated heterocycles. The molecule has 0 aromatic carbocycles. The van der Waals surface area contributed by atoms with Gasteiger partial charge in [0, 0.05) is 0 Å². The molecule has 0 spiro atoms. The molecule has 1 aliphatic heterocycles. The summed E-state index contributed by atoms with van der Waals surface area (Å²) in [6.45, 7) is 11.6. The van der Waals surface area contributed by atoms with Crippen molar-refractivity contribution >= 4 is 7.12 Å². The Morgan fingerprint density at radius 3 is 2.59 bits per heavy atom. The van der Waals surface area contributed by atoms with E-state index in [1.54, 1.807) is 0 Å². The second-order valence-electron chi connectivity index (χ2n) is 7.22. The fourth-order valence-electron chi connectivity index (χ4n) is 4.34. The normalized spacial score (nSPS) is 48.5. The van der Waals surface area contributed by atoms with Crippen LogP contribution in [0.2, 0.25) is 5.82 Å². The SMILES string of the molecule is CCC(C)B1O[C@@H]2C[C@@H]3C[C@@H](C3(C)C)[C@@]2(C)O1. The minimum absolute atomic E-state index is 0.0215. The summed E-state index contributed by atoms with van der Waals surface area (Å²) in [5.41, 5.74) is 0.436. The third-order valence-corrected chi connectivity index (χ3v) is 6.08. The zero-order valence-electron chi connectivity index (χ0n) is 11.8. The first-order chi connectivity index (χ1) is 7.89. The Balaban J connectivity index is 1.82. The highest BCUT2D eigenvalue weighted by atomic mass is 16.7. The molecule has 0 aromatic rings. The highest BCUT2D eigenvalue weighted by molar-refractivity contribution is 6.47. The summed E-state index contributed by atoms with van der Waals surface area (Å²) in [5.74, 6) is 2.05. The Labute approximate surface area is 106 Å². The molecule has 4 rings (SSSR count). The number of hydrogen-bond donors (Lipinski definition) is 0. The topological polar surface area (TPSA) is 18.5 Å². The first-order valence-corrected chi connectivity index (χ1v) is 7.22. The average Bonchev–Trinajstić information content (AvgIpc) is 2.64. The van der Waals surface area contributed by atoms with E-state index in [0.717, 1.165) is 12.3 Å². The van der Waals surface area contributed by atoms with Gasteiger partial charge in [-0.3, -0.25) is 0 Å². The largest absolute Gasteiger partial charge is 0.460 e. The Morgan fingerprint density at radius 1 is 1.29 bits per heavy atom. The molecule has 4 aliphatic rings. The van der Waals surface area contributed by atoms with Crippen LogP contribution in [0.1, 0.15) is 53.9 Å². The van der Waals surface area contributed by atoms with Crippen LogP contribution in [0.3, 0.4) is 0 Å². The van der Waals surface area contributed by atoms with Gasteiger partial charge in [-0.2, -0.15) is 0 Å². The first kappa shape index (κ1) is 12.0. The average molecular weight is 236 g/mol. The molecule has 0 radical (unpaired) electrons. The van der Waals surface area contributed by atoms with Gasteiger partial charge in [-0.1, -0.05) is 34.1 Å². The van der Waals surface area contributed by atoms with Crippen LogP contribution in [0, 0.1) is 17.3 Å². The van der Waals surface area contributed by atoms with E-state index in [4.69, 9.17) is 9.31 Å². The lowest BCUT2D eigenvalue weighted by Gasteiger charge is -2.64. The number of hydrogen-bond acceptors (Lipinski definition) is 2. The van der Waals surface area contributed by atoms with Gasteiger partial charge in [-0.15, -0.1) is 0 Å². The van der Waals surface area contributed by atoms with Gasteiger partial charge in [0.25, 0.3) is 0 Å². The third-order valence-electron chi connectivity index (χ3n) is 6.08. The van der Waals surface area contributed by atoms with Crippen LogP contribution in [0.15, 0.2) is 0 Å². The van der Waals surface area contributed by atoms with E-state index in [9.17, 15) is 0 Å². The van der Waals surface area contributed by atoms with E-state index in [1.165, 1.54) is 12.8 Å². The van der Waals surface area contributed by atoms with Crippen molar-refractivity contribution in [2.45, 2.75) is 71.4 Å². The van der Waals surface area contributed by atoms with Crippen molar-refractivity contribution in [3.05, 3.63) is 0 Å². The lowest BCUT2D eigenvalue weighted by molar-refractivity contribution is -0.199. The second-order valence-corrected chi connectivity index (χ2v) is 7.22. The van der Waals surface area contributed by atoms with Crippen LogP contribution in [0.4, 0.5) is 0 Å². The van der Waals surface area contributed by atoms with Gasteiger partial charge in [0.05, 0.1) is 11.7 Å². The fraction of sp³-hybridized carbons (Fsp3) is 1.00. The minimum Gasteiger partial charge on any atom is -0.405 e. The van der Waals surface area contributed by atoms with Gasteiger partial charge in [-0.05, 0) is 42.8 Å². The molecule has 2 bridgehead atoms. The third kappa shape index (κ3) is 1.42. The maximum absolute atomic E-state index is 6.37. The fourth-order valence-corrected chi connectivity index (χ4v) is 4.34. The first-order valence-electron chi connectivity index (χ1n) is 7.22. The van der Waals surface area contributed by atoms with Crippen molar-refractivity contribution < 1.29 is 9.31 Å². The number of rotatable bonds is 2. The molecule has 4 fully saturated rings. The van der Waals surface area contributed by atoms with Crippen LogP contribution < -0.4 is 0 Å². The van der Waals surface area contributed by atoms with Gasteiger partial charge in [0.1, 0.15) is 0 Å². The molecule has 3 saturated carbocycles. The van der Waals surface area contributed by atoms with Gasteiger partial charge in [-0.25, -0.2) is 0 Å². The predicted molar refractivity (Wildman–Crippen MR) is 69.8 cm³/mol. The molecule has 0 amide bonds. The molecule has 3 heteroatoms. The van der Waals surface area contributed by atoms with E-state index in [-0.39, 0.29) is 12.7 Å². The van der Waals surface area contributed by atoms with E-state index in [2.05, 4.69) is 34.6 Å². The molecular weight excluding hydrogens is 211 g/mol. The van der Waals surface area contributed by atoms with Gasteiger partial charge >= 0.3 is 7.12 Å². The molecule has 17 heavy (non-hydrogen) atoms. The lowest BCUT2D eigenvalue weighted by Crippen LogP contribution is -2.65. The Bertz CT molecular complexity index is 330. The summed E-state index contributed by atoms with van der Waals surface area (Å²) in [4.78, 5) is 0. The van der Waals surface area contributed by atoms with E-state index in [1.807, 2.05) is 0 Å². The predicted octanol–water partition coefficient (Wildman–Crippen LogP) is 3.51. The summed E-state index contributed by atoms with van der Waals surface area (Å²) in [5, 5.41) is 0.